The molecule has 0 bridgehead atoms. The molecule has 0 aromatic carbocycles. The third-order valence-electron chi connectivity index (χ3n) is 4.82. The maximum Gasteiger partial charge on any atom is 0.321 e. The molecule has 2 N–H and O–H groups in total. The number of nitrogens with one attached hydrogen (secondary N) is 2. The minimum Gasteiger partial charge on any atom is -0.376 e. The van der Waals surface area contributed by atoms with E-state index in [4.69, 9.17) is 4.74 Å². The van der Waals surface area contributed by atoms with E-state index < -0.39 is 0 Å². The van der Waals surface area contributed by atoms with Crippen molar-refractivity contribution in [1.29, 1.82) is 0 Å². The summed E-state index contributed by atoms with van der Waals surface area (Å²) in [5.41, 5.74) is 1.17. The van der Waals surface area contributed by atoms with Gasteiger partial charge in [-0.1, -0.05) is 19.8 Å². The molecule has 3 rings (SSSR count). The van der Waals surface area contributed by atoms with E-state index in [1.54, 1.807) is 11.3 Å². The van der Waals surface area contributed by atoms with Gasteiger partial charge >= 0.3 is 6.03 Å². The van der Waals surface area contributed by atoms with Gasteiger partial charge in [0.1, 0.15) is 0 Å². The summed E-state index contributed by atoms with van der Waals surface area (Å²) in [6, 6.07) is -0.184. The summed E-state index contributed by atoms with van der Waals surface area (Å²) in [4.78, 5) is 17.8. The molecule has 128 valence electrons. The van der Waals surface area contributed by atoms with Crippen molar-refractivity contribution in [1.82, 2.24) is 10.3 Å². The number of carbonyl (C=O) groups is 1. The first-order chi connectivity index (χ1) is 11.2. The normalized spacial score (nSPS) is 24.0. The summed E-state index contributed by atoms with van der Waals surface area (Å²) >= 11 is 1.61. The molecule has 1 heterocycles. The van der Waals surface area contributed by atoms with Gasteiger partial charge in [0, 0.05) is 11.4 Å². The Balaban J connectivity index is 1.35. The van der Waals surface area contributed by atoms with Gasteiger partial charge < -0.3 is 10.1 Å². The van der Waals surface area contributed by atoms with E-state index in [0.29, 0.717) is 25.2 Å². The Morgan fingerprint density at radius 3 is 2.91 bits per heavy atom. The highest BCUT2D eigenvalue weighted by molar-refractivity contribution is 7.15. The maximum atomic E-state index is 11.9. The first-order valence-corrected chi connectivity index (χ1v) is 9.69. The van der Waals surface area contributed by atoms with E-state index in [-0.39, 0.29) is 6.03 Å². The van der Waals surface area contributed by atoms with Crippen LogP contribution in [0, 0.1) is 5.92 Å². The molecule has 6 heteroatoms. The Morgan fingerprint density at radius 1 is 1.26 bits per heavy atom. The van der Waals surface area contributed by atoms with Crippen LogP contribution >= 0.6 is 11.3 Å². The van der Waals surface area contributed by atoms with Crippen molar-refractivity contribution in [3.05, 3.63) is 10.6 Å². The number of hydrogen-bond donors (Lipinski definition) is 2. The predicted molar refractivity (Wildman–Crippen MR) is 93.1 cm³/mol. The van der Waals surface area contributed by atoms with Gasteiger partial charge in [-0.2, -0.15) is 0 Å². The zero-order chi connectivity index (χ0) is 16.1. The zero-order valence-electron chi connectivity index (χ0n) is 13.9. The van der Waals surface area contributed by atoms with Gasteiger partial charge in [-0.15, -0.1) is 11.3 Å². The topological polar surface area (TPSA) is 63.2 Å². The molecule has 2 unspecified atom stereocenters. The minimum atomic E-state index is -0.184. The van der Waals surface area contributed by atoms with Crippen molar-refractivity contribution in [2.75, 3.05) is 18.5 Å². The number of aryl methyl sites for hydroxylation is 2. The van der Waals surface area contributed by atoms with Crippen LogP contribution in [0.2, 0.25) is 0 Å². The molecule has 1 aromatic rings. The first kappa shape index (κ1) is 16.7. The third-order valence-corrected chi connectivity index (χ3v) is 5.89. The van der Waals surface area contributed by atoms with Crippen molar-refractivity contribution < 1.29 is 9.53 Å². The number of nitrogens with zero attached hydrogens (tertiary/aromatic N) is 1. The van der Waals surface area contributed by atoms with Gasteiger partial charge in [0.2, 0.25) is 0 Å². The van der Waals surface area contributed by atoms with Crippen LogP contribution in [0.1, 0.15) is 56.0 Å². The Bertz CT molecular complexity index is 508. The van der Waals surface area contributed by atoms with Crippen LogP contribution in [0.25, 0.3) is 0 Å². The Kier molecular flexibility index (Phi) is 5.89. The largest absolute Gasteiger partial charge is 0.376 e. The summed E-state index contributed by atoms with van der Waals surface area (Å²) in [5.74, 6) is 0.638. The van der Waals surface area contributed by atoms with Crippen LogP contribution in [-0.4, -0.2) is 30.3 Å². The van der Waals surface area contributed by atoms with Crippen LogP contribution in [-0.2, 0) is 17.6 Å². The van der Waals surface area contributed by atoms with Crippen LogP contribution in [0.15, 0.2) is 0 Å². The highest BCUT2D eigenvalue weighted by Gasteiger charge is 2.21. The van der Waals surface area contributed by atoms with Crippen molar-refractivity contribution in [2.24, 2.45) is 5.92 Å². The van der Waals surface area contributed by atoms with Gasteiger partial charge in [0.05, 0.1) is 18.4 Å². The van der Waals surface area contributed by atoms with Crippen molar-refractivity contribution in [2.45, 2.75) is 64.4 Å². The molecule has 2 aliphatic carbocycles. The number of rotatable bonds is 5. The molecule has 0 saturated heterocycles. The van der Waals surface area contributed by atoms with E-state index in [1.807, 2.05) is 0 Å². The molecule has 23 heavy (non-hydrogen) atoms. The molecule has 2 aliphatic rings. The molecular formula is C17H27N3O2S. The lowest BCUT2D eigenvalue weighted by Crippen LogP contribution is -2.34. The SMILES string of the molecule is CC1CCCCC1OCCNC(=O)Nc1nc2c(s1)CCCC2. The number of hydrogen-bond acceptors (Lipinski definition) is 4. The molecular weight excluding hydrogens is 310 g/mol. The quantitative estimate of drug-likeness (QED) is 0.805. The molecule has 1 fully saturated rings. The Hall–Kier alpha value is -1.14. The average molecular weight is 337 g/mol. The van der Waals surface area contributed by atoms with Crippen LogP contribution in [0.5, 0.6) is 0 Å². The molecule has 2 amide bonds. The lowest BCUT2D eigenvalue weighted by atomic mass is 9.88. The highest BCUT2D eigenvalue weighted by Crippen LogP contribution is 2.29. The maximum absolute atomic E-state index is 11.9. The first-order valence-electron chi connectivity index (χ1n) is 8.87. The number of thiazole rings is 1. The highest BCUT2D eigenvalue weighted by atomic mass is 32.1. The molecule has 1 saturated carbocycles. The number of aromatic nitrogens is 1. The second-order valence-electron chi connectivity index (χ2n) is 6.65. The lowest BCUT2D eigenvalue weighted by molar-refractivity contribution is -0.00232. The van der Waals surface area contributed by atoms with Gasteiger partial charge in [-0.05, 0) is 44.4 Å². The second kappa shape index (κ2) is 8.11. The monoisotopic (exact) mass is 337 g/mol. The van der Waals surface area contributed by atoms with E-state index >= 15 is 0 Å². The fourth-order valence-electron chi connectivity index (χ4n) is 3.45. The van der Waals surface area contributed by atoms with Crippen molar-refractivity contribution in [3.63, 3.8) is 0 Å². The Morgan fingerprint density at radius 2 is 2.09 bits per heavy atom. The van der Waals surface area contributed by atoms with Crippen LogP contribution < -0.4 is 10.6 Å². The standard InChI is InChI=1S/C17H27N3O2S/c1-12-6-2-4-8-14(12)22-11-10-18-16(21)20-17-19-13-7-3-5-9-15(13)23-17/h12,14H,2-11H2,1H3,(H2,18,19,20,21). The molecule has 5 nitrogen and oxygen atoms in total. The summed E-state index contributed by atoms with van der Waals surface area (Å²) in [6.07, 6.45) is 9.94. The number of amides is 2. The number of anilines is 1. The van der Waals surface area contributed by atoms with Gasteiger partial charge in [0.15, 0.2) is 5.13 Å². The molecule has 0 aliphatic heterocycles. The second-order valence-corrected chi connectivity index (χ2v) is 7.73. The predicted octanol–water partition coefficient (Wildman–Crippen LogP) is 3.74. The number of ether oxygens (including phenoxy) is 1. The summed E-state index contributed by atoms with van der Waals surface area (Å²) in [5, 5.41) is 6.42. The number of fused-ring (bicyclic) bond motifs is 1. The lowest BCUT2D eigenvalue weighted by Gasteiger charge is -2.28. The van der Waals surface area contributed by atoms with Gasteiger partial charge in [0.25, 0.3) is 0 Å². The molecule has 0 spiro atoms. The van der Waals surface area contributed by atoms with Crippen molar-refractivity contribution >= 4 is 22.5 Å². The fraction of sp³-hybridized carbons (Fsp3) is 0.765. The van der Waals surface area contributed by atoms with E-state index in [0.717, 1.165) is 24.4 Å². The zero-order valence-corrected chi connectivity index (χ0v) is 14.7. The molecule has 1 aromatic heterocycles. The number of carbonyl (C=O) groups excluding carboxylic acids is 1. The van der Waals surface area contributed by atoms with Gasteiger partial charge in [-0.25, -0.2) is 9.78 Å². The summed E-state index contributed by atoms with van der Waals surface area (Å²) in [6.45, 7) is 3.38. The van der Waals surface area contributed by atoms with E-state index in [9.17, 15) is 4.79 Å². The summed E-state index contributed by atoms with van der Waals surface area (Å²) < 4.78 is 5.91. The van der Waals surface area contributed by atoms with Crippen LogP contribution in [0.3, 0.4) is 0 Å². The van der Waals surface area contributed by atoms with Gasteiger partial charge in [-0.3, -0.25) is 5.32 Å². The number of urea groups is 1. The third kappa shape index (κ3) is 4.67. The fourth-order valence-corrected chi connectivity index (χ4v) is 4.50. The average Bonchev–Trinajstić information content (AvgIpc) is 2.95. The summed E-state index contributed by atoms with van der Waals surface area (Å²) in [7, 11) is 0. The Labute approximate surface area is 142 Å². The molecule has 2 atom stereocenters. The van der Waals surface area contributed by atoms with E-state index in [2.05, 4.69) is 22.5 Å². The molecule has 0 radical (unpaired) electrons. The smallest absolute Gasteiger partial charge is 0.321 e. The van der Waals surface area contributed by atoms with E-state index in [1.165, 1.54) is 42.7 Å². The minimum absolute atomic E-state index is 0.184. The van der Waals surface area contributed by atoms with Crippen LogP contribution in [0.4, 0.5) is 9.93 Å². The van der Waals surface area contributed by atoms with Crippen molar-refractivity contribution in [3.8, 4) is 0 Å².